The summed E-state index contributed by atoms with van der Waals surface area (Å²) >= 11 is 0. The van der Waals surface area contributed by atoms with Gasteiger partial charge in [0.25, 0.3) is 0 Å². The molecule has 0 unspecified atom stereocenters. The SMILES string of the molecule is C[Si](C)([C]1[CH][CH][CH][CH]1)[C]1[CH][CH][CH][CH]1.C[Si](C)([C]1[CH][CH][CH][CH]1)[C]1[CH][CH][CH][CH]1.[Zr+4]. The van der Waals surface area contributed by atoms with Crippen molar-refractivity contribution in [3.63, 3.8) is 0 Å². The maximum absolute atomic E-state index is 2.40. The van der Waals surface area contributed by atoms with E-state index in [1.165, 1.54) is 22.2 Å². The largest absolute Gasteiger partial charge is 4.00 e. The van der Waals surface area contributed by atoms with Crippen LogP contribution in [-0.4, -0.2) is 16.1 Å². The molecule has 132 valence electrons. The average Bonchev–Trinajstić information content (AvgIpc) is 3.47. The van der Waals surface area contributed by atoms with Crippen molar-refractivity contribution in [1.29, 1.82) is 0 Å². The second-order valence-electron chi connectivity index (χ2n) is 7.94. The third-order valence-electron chi connectivity index (χ3n) is 5.54. The van der Waals surface area contributed by atoms with E-state index in [9.17, 15) is 0 Å². The predicted molar refractivity (Wildman–Crippen MR) is 117 cm³/mol. The molecule has 4 saturated carbocycles. The molecule has 0 N–H and O–H groups in total. The van der Waals surface area contributed by atoms with Crippen molar-refractivity contribution >= 4 is 16.1 Å². The average molecular weight is 464 g/mol. The molecule has 4 rings (SSSR count). The van der Waals surface area contributed by atoms with Gasteiger partial charge in [0.2, 0.25) is 0 Å². The third-order valence-corrected chi connectivity index (χ3v) is 12.6. The van der Waals surface area contributed by atoms with Gasteiger partial charge in [-0.2, -0.15) is 0 Å². The molecular weight excluding hydrogens is 436 g/mol. The molecule has 4 aliphatic rings. The van der Waals surface area contributed by atoms with Crippen LogP contribution < -0.4 is 0 Å². The van der Waals surface area contributed by atoms with E-state index in [1.54, 1.807) is 0 Å². The van der Waals surface area contributed by atoms with Gasteiger partial charge in [-0.1, -0.05) is 26.2 Å². The molecule has 0 aromatic heterocycles. The molecule has 20 radical (unpaired) electrons. The van der Waals surface area contributed by atoms with E-state index in [4.69, 9.17) is 0 Å². The summed E-state index contributed by atoms with van der Waals surface area (Å²) in [5.74, 6) is 0. The normalized spacial score (nSPS) is 26.2. The van der Waals surface area contributed by atoms with Crippen LogP contribution in [0.2, 0.25) is 26.2 Å². The fraction of sp³-hybridized carbons (Fsp3) is 0.167. The summed E-state index contributed by atoms with van der Waals surface area (Å²) in [6, 6.07) is 0. The van der Waals surface area contributed by atoms with Gasteiger partial charge < -0.3 is 0 Å². The van der Waals surface area contributed by atoms with E-state index in [0.29, 0.717) is 0 Å². The molecule has 0 heterocycles. The molecule has 27 heavy (non-hydrogen) atoms. The summed E-state index contributed by atoms with van der Waals surface area (Å²) < 4.78 is 0. The zero-order valence-electron chi connectivity index (χ0n) is 16.7. The van der Waals surface area contributed by atoms with Crippen LogP contribution in [0.25, 0.3) is 0 Å². The van der Waals surface area contributed by atoms with Crippen molar-refractivity contribution in [1.82, 2.24) is 0 Å². The first-order chi connectivity index (χ1) is 12.4. The van der Waals surface area contributed by atoms with Crippen LogP contribution in [0.15, 0.2) is 0 Å². The molecule has 4 aliphatic carbocycles. The summed E-state index contributed by atoms with van der Waals surface area (Å²) in [7, 11) is -2.70. The van der Waals surface area contributed by atoms with E-state index in [-0.39, 0.29) is 26.2 Å². The fourth-order valence-corrected chi connectivity index (χ4v) is 8.27. The number of hydrogen-bond donors (Lipinski definition) is 0. The van der Waals surface area contributed by atoms with Gasteiger partial charge in [0.05, 0.1) is 16.1 Å². The Labute approximate surface area is 192 Å². The molecule has 0 atom stereocenters. The van der Waals surface area contributed by atoms with Crippen LogP contribution in [0.3, 0.4) is 0 Å². The minimum absolute atomic E-state index is 0. The Balaban J connectivity index is 0.000000187. The van der Waals surface area contributed by atoms with Gasteiger partial charge in [0.15, 0.2) is 0 Å². The van der Waals surface area contributed by atoms with Gasteiger partial charge in [-0.25, -0.2) is 0 Å². The molecule has 4 fully saturated rings. The Morgan fingerprint density at radius 3 is 0.667 bits per heavy atom. The van der Waals surface area contributed by atoms with E-state index in [0.717, 1.165) is 0 Å². The first-order valence-corrected chi connectivity index (χ1v) is 15.3. The molecule has 3 heteroatoms. The van der Waals surface area contributed by atoms with Crippen LogP contribution in [-0.2, 0) is 26.2 Å². The zero-order chi connectivity index (χ0) is 18.6. The predicted octanol–water partition coefficient (Wildman–Crippen LogP) is 5.16. The van der Waals surface area contributed by atoms with Crippen LogP contribution in [0.4, 0.5) is 0 Å². The van der Waals surface area contributed by atoms with Gasteiger partial charge in [-0.3, -0.25) is 0 Å². The molecule has 0 aromatic rings. The van der Waals surface area contributed by atoms with Gasteiger partial charge in [0.1, 0.15) is 0 Å². The molecule has 0 spiro atoms. The second-order valence-corrected chi connectivity index (χ2v) is 16.8. The maximum atomic E-state index is 2.40. The van der Waals surface area contributed by atoms with Crippen molar-refractivity contribution in [2.24, 2.45) is 0 Å². The quantitative estimate of drug-likeness (QED) is 0.505. The van der Waals surface area contributed by atoms with Crippen molar-refractivity contribution in [2.45, 2.75) is 26.2 Å². The van der Waals surface area contributed by atoms with E-state index in [1.807, 2.05) is 0 Å². The molecule has 0 aliphatic heterocycles. The molecule has 0 bridgehead atoms. The first-order valence-electron chi connectivity index (χ1n) is 9.31. The number of hydrogen-bond acceptors (Lipinski definition) is 0. The summed E-state index contributed by atoms with van der Waals surface area (Å²) in [5, 5.41) is 0. The Morgan fingerprint density at radius 1 is 0.370 bits per heavy atom. The van der Waals surface area contributed by atoms with Crippen molar-refractivity contribution < 1.29 is 26.2 Å². The Hall–Kier alpha value is 1.32. The summed E-state index contributed by atoms with van der Waals surface area (Å²) in [5.41, 5.74) is 6.11. The third kappa shape index (κ3) is 6.16. The molecule has 0 nitrogen and oxygen atoms in total. The van der Waals surface area contributed by atoms with Crippen molar-refractivity contribution in [3.05, 3.63) is 125 Å². The Kier molecular flexibility index (Phi) is 10.1. The van der Waals surface area contributed by atoms with Crippen molar-refractivity contribution in [2.75, 3.05) is 0 Å². The summed E-state index contributed by atoms with van der Waals surface area (Å²) in [6.45, 7) is 9.60. The summed E-state index contributed by atoms with van der Waals surface area (Å²) in [4.78, 5) is 0. The first kappa shape index (κ1) is 24.6. The van der Waals surface area contributed by atoms with E-state index in [2.05, 4.69) is 129 Å². The van der Waals surface area contributed by atoms with Gasteiger partial charge in [0, 0.05) is 0 Å². The standard InChI is InChI=1S/2C12H14Si.Zr/c2*1-13(2,11-7-3-4-8-11)12-9-5-6-10-12;/h2*3-10H,1-2H3;/q;;+4. The van der Waals surface area contributed by atoms with Crippen LogP contribution in [0.1, 0.15) is 0 Å². The van der Waals surface area contributed by atoms with E-state index < -0.39 is 16.1 Å². The summed E-state index contributed by atoms with van der Waals surface area (Å²) in [6.07, 6.45) is 35.0. The monoisotopic (exact) mass is 462 g/mol. The minimum Gasteiger partial charge on any atom is -0.0685 e. The van der Waals surface area contributed by atoms with Crippen molar-refractivity contribution in [3.8, 4) is 0 Å². The van der Waals surface area contributed by atoms with Crippen LogP contribution >= 0.6 is 0 Å². The van der Waals surface area contributed by atoms with Crippen LogP contribution in [0.5, 0.6) is 0 Å². The van der Waals surface area contributed by atoms with Gasteiger partial charge in [-0.05, 0) is 125 Å². The topological polar surface area (TPSA) is 0 Å². The number of rotatable bonds is 4. The Bertz CT molecular complexity index is 334. The maximum Gasteiger partial charge on any atom is 4.00 e. The van der Waals surface area contributed by atoms with Gasteiger partial charge >= 0.3 is 26.2 Å². The Morgan fingerprint density at radius 2 is 0.519 bits per heavy atom. The molecule has 0 aromatic carbocycles. The van der Waals surface area contributed by atoms with Crippen LogP contribution in [0, 0.1) is 125 Å². The van der Waals surface area contributed by atoms with E-state index >= 15 is 0 Å². The second kappa shape index (κ2) is 11.1. The minimum atomic E-state index is -1.35. The fourth-order valence-electron chi connectivity index (χ4n) is 3.50. The molecule has 0 amide bonds. The van der Waals surface area contributed by atoms with Gasteiger partial charge in [-0.15, -0.1) is 0 Å². The molecular formula is C24H28Si2Zr+4. The zero-order valence-corrected chi connectivity index (χ0v) is 21.2. The smallest absolute Gasteiger partial charge is 0.0685 e. The molecule has 0 saturated heterocycles.